The number of amides is 1. The highest BCUT2D eigenvalue weighted by Crippen LogP contribution is 2.34. The lowest BCUT2D eigenvalue weighted by Gasteiger charge is -2.30. The van der Waals surface area contributed by atoms with Crippen LogP contribution in [0.2, 0.25) is 0 Å². The Morgan fingerprint density at radius 2 is 1.93 bits per heavy atom. The van der Waals surface area contributed by atoms with Crippen LogP contribution in [0.4, 0.5) is 13.2 Å². The lowest BCUT2D eigenvalue weighted by Crippen LogP contribution is -2.32. The summed E-state index contributed by atoms with van der Waals surface area (Å²) in [5.74, 6) is -0.526. The van der Waals surface area contributed by atoms with Crippen LogP contribution in [0.5, 0.6) is 0 Å². The van der Waals surface area contributed by atoms with Gasteiger partial charge in [-0.05, 0) is 36.6 Å². The average molecular weight is 387 g/mol. The summed E-state index contributed by atoms with van der Waals surface area (Å²) in [6.45, 7) is 0.418. The van der Waals surface area contributed by atoms with Crippen molar-refractivity contribution in [3.05, 3.63) is 47.2 Å². The number of likely N-dealkylation sites (N-methyl/N-ethyl adjacent to an activating group) is 1. The normalized spacial score (nSPS) is 20.0. The summed E-state index contributed by atoms with van der Waals surface area (Å²) in [5, 5.41) is 8.82. The fourth-order valence-corrected chi connectivity index (χ4v) is 2.71. The molecule has 0 saturated heterocycles. The molecule has 1 amide bonds. The first-order valence-electron chi connectivity index (χ1n) is 8.72. The number of allylic oxidation sites excluding steroid dienone is 1. The first-order chi connectivity index (χ1) is 12.7. The molecular formula is C19H24F3NO4. The van der Waals surface area contributed by atoms with Gasteiger partial charge in [0.1, 0.15) is 0 Å². The molecule has 0 aliphatic carbocycles. The van der Waals surface area contributed by atoms with Gasteiger partial charge in [-0.25, -0.2) is 0 Å². The van der Waals surface area contributed by atoms with E-state index in [1.807, 2.05) is 0 Å². The van der Waals surface area contributed by atoms with Crippen molar-refractivity contribution in [1.29, 1.82) is 0 Å². The van der Waals surface area contributed by atoms with E-state index in [1.165, 1.54) is 17.0 Å². The minimum Gasteiger partial charge on any atom is -0.459 e. The molecule has 0 spiro atoms. The first kappa shape index (κ1) is 21.2. The molecular weight excluding hydrogens is 363 g/mol. The summed E-state index contributed by atoms with van der Waals surface area (Å²) >= 11 is 0. The second-order valence-corrected chi connectivity index (χ2v) is 6.54. The smallest absolute Gasteiger partial charge is 0.416 e. The standard InChI is InChI=1S/C19H24F3NO4/c1-23(2)18(25)16-11-14(12-17(27-16)26-10-4-3-9-24)13-5-7-15(8-6-13)19(20,21)22/h5-8,11,14,17,24H,3-4,9-10,12H2,1-2H3/t14-,17+/m1/s1. The largest absolute Gasteiger partial charge is 0.459 e. The number of aliphatic hydroxyl groups excluding tert-OH is 1. The van der Waals surface area contributed by atoms with Gasteiger partial charge in [-0.3, -0.25) is 4.79 Å². The maximum atomic E-state index is 12.8. The Balaban J connectivity index is 2.18. The number of unbranched alkanes of at least 4 members (excludes halogenated alkanes) is 1. The summed E-state index contributed by atoms with van der Waals surface area (Å²) in [6.07, 6.45) is -1.84. The lowest BCUT2D eigenvalue weighted by atomic mass is 9.92. The number of hydrogen-bond donors (Lipinski definition) is 1. The van der Waals surface area contributed by atoms with Gasteiger partial charge in [-0.15, -0.1) is 0 Å². The van der Waals surface area contributed by atoms with Crippen LogP contribution < -0.4 is 0 Å². The predicted octanol–water partition coefficient (Wildman–Crippen LogP) is 3.30. The number of hydrogen-bond acceptors (Lipinski definition) is 4. The van der Waals surface area contributed by atoms with E-state index >= 15 is 0 Å². The van der Waals surface area contributed by atoms with Crippen LogP contribution in [0, 0.1) is 0 Å². The van der Waals surface area contributed by atoms with Crippen molar-refractivity contribution in [2.45, 2.75) is 37.6 Å². The minimum atomic E-state index is -4.39. The predicted molar refractivity (Wildman–Crippen MR) is 92.7 cm³/mol. The van der Waals surface area contributed by atoms with E-state index in [9.17, 15) is 18.0 Å². The van der Waals surface area contributed by atoms with Crippen LogP contribution in [0.1, 0.15) is 36.3 Å². The molecule has 1 aliphatic rings. The number of aliphatic hydroxyl groups is 1. The van der Waals surface area contributed by atoms with E-state index in [2.05, 4.69) is 0 Å². The summed E-state index contributed by atoms with van der Waals surface area (Å²) in [5.41, 5.74) is -0.0667. The zero-order chi connectivity index (χ0) is 20.0. The van der Waals surface area contributed by atoms with Crippen LogP contribution in [0.15, 0.2) is 36.1 Å². The van der Waals surface area contributed by atoms with Crippen molar-refractivity contribution in [2.24, 2.45) is 0 Å². The second-order valence-electron chi connectivity index (χ2n) is 6.54. The molecule has 27 heavy (non-hydrogen) atoms. The minimum absolute atomic E-state index is 0.0628. The molecule has 0 radical (unpaired) electrons. The number of ether oxygens (including phenoxy) is 2. The number of nitrogens with zero attached hydrogens (tertiary/aromatic N) is 1. The molecule has 0 fully saturated rings. The van der Waals surface area contributed by atoms with Crippen molar-refractivity contribution in [1.82, 2.24) is 4.90 Å². The van der Waals surface area contributed by atoms with Gasteiger partial charge in [0, 0.05) is 33.0 Å². The van der Waals surface area contributed by atoms with Gasteiger partial charge in [-0.2, -0.15) is 13.2 Å². The molecule has 1 N–H and O–H groups in total. The Morgan fingerprint density at radius 1 is 1.26 bits per heavy atom. The maximum absolute atomic E-state index is 12.8. The fourth-order valence-electron chi connectivity index (χ4n) is 2.71. The Kier molecular flexibility index (Phi) is 7.26. The van der Waals surface area contributed by atoms with Crippen LogP contribution in [0.3, 0.4) is 0 Å². The Morgan fingerprint density at radius 3 is 2.48 bits per heavy atom. The molecule has 5 nitrogen and oxygen atoms in total. The van der Waals surface area contributed by atoms with E-state index in [4.69, 9.17) is 14.6 Å². The zero-order valence-electron chi connectivity index (χ0n) is 15.3. The van der Waals surface area contributed by atoms with Crippen LogP contribution in [-0.4, -0.2) is 49.5 Å². The third-order valence-electron chi connectivity index (χ3n) is 4.20. The van der Waals surface area contributed by atoms with Gasteiger partial charge < -0.3 is 19.5 Å². The molecule has 0 aromatic heterocycles. The van der Waals surface area contributed by atoms with Crippen molar-refractivity contribution in [3.8, 4) is 0 Å². The van der Waals surface area contributed by atoms with Crippen molar-refractivity contribution < 1.29 is 32.5 Å². The van der Waals surface area contributed by atoms with Crippen LogP contribution in [-0.2, 0) is 20.4 Å². The monoisotopic (exact) mass is 387 g/mol. The van der Waals surface area contributed by atoms with Gasteiger partial charge in [0.15, 0.2) is 5.76 Å². The number of halogens is 3. The molecule has 8 heteroatoms. The topological polar surface area (TPSA) is 59.0 Å². The summed E-state index contributed by atoms with van der Waals surface area (Å²) in [6, 6.07) is 4.89. The third kappa shape index (κ3) is 5.97. The average Bonchev–Trinajstić information content (AvgIpc) is 2.63. The van der Waals surface area contributed by atoms with E-state index in [0.717, 1.165) is 12.1 Å². The molecule has 0 unspecified atom stereocenters. The lowest BCUT2D eigenvalue weighted by molar-refractivity contribution is -0.151. The van der Waals surface area contributed by atoms with Gasteiger partial charge in [0.25, 0.3) is 5.91 Å². The molecule has 1 aromatic carbocycles. The van der Waals surface area contributed by atoms with Gasteiger partial charge in [0.05, 0.1) is 12.2 Å². The van der Waals surface area contributed by atoms with Crippen molar-refractivity contribution in [3.63, 3.8) is 0 Å². The molecule has 1 aliphatic heterocycles. The summed E-state index contributed by atoms with van der Waals surface area (Å²) < 4.78 is 49.6. The highest BCUT2D eigenvalue weighted by molar-refractivity contribution is 5.91. The molecule has 1 heterocycles. The molecule has 150 valence electrons. The van der Waals surface area contributed by atoms with Crippen LogP contribution >= 0.6 is 0 Å². The fraction of sp³-hybridized carbons (Fsp3) is 0.526. The Labute approximate surface area is 156 Å². The Bertz CT molecular complexity index is 656. The quantitative estimate of drug-likeness (QED) is 0.730. The third-order valence-corrected chi connectivity index (χ3v) is 4.20. The summed E-state index contributed by atoms with van der Waals surface area (Å²) in [4.78, 5) is 13.6. The second kappa shape index (κ2) is 9.23. The molecule has 2 atom stereocenters. The van der Waals surface area contributed by atoms with E-state index in [-0.39, 0.29) is 24.2 Å². The van der Waals surface area contributed by atoms with Gasteiger partial charge in [0.2, 0.25) is 6.29 Å². The number of carbonyl (C=O) groups excluding carboxylic acids is 1. The molecule has 1 aromatic rings. The number of rotatable bonds is 7. The van der Waals surface area contributed by atoms with Crippen LogP contribution in [0.25, 0.3) is 0 Å². The number of benzene rings is 1. The Hall–Kier alpha value is -2.06. The van der Waals surface area contributed by atoms with E-state index in [1.54, 1.807) is 20.2 Å². The number of alkyl halides is 3. The maximum Gasteiger partial charge on any atom is 0.416 e. The van der Waals surface area contributed by atoms with Gasteiger partial charge >= 0.3 is 6.18 Å². The highest BCUT2D eigenvalue weighted by atomic mass is 19.4. The SMILES string of the molecule is CN(C)C(=O)C1=C[C@@H](c2ccc(C(F)(F)F)cc2)C[C@@H](OCCCCO)O1. The molecule has 0 saturated carbocycles. The van der Waals surface area contributed by atoms with Crippen molar-refractivity contribution in [2.75, 3.05) is 27.3 Å². The van der Waals surface area contributed by atoms with E-state index < -0.39 is 18.0 Å². The summed E-state index contributed by atoms with van der Waals surface area (Å²) in [7, 11) is 3.18. The highest BCUT2D eigenvalue weighted by Gasteiger charge is 2.32. The number of carbonyl (C=O) groups is 1. The van der Waals surface area contributed by atoms with E-state index in [0.29, 0.717) is 31.4 Å². The molecule has 2 rings (SSSR count). The molecule has 0 bridgehead atoms. The zero-order valence-corrected chi connectivity index (χ0v) is 15.3. The van der Waals surface area contributed by atoms with Gasteiger partial charge in [-0.1, -0.05) is 12.1 Å². The first-order valence-corrected chi connectivity index (χ1v) is 8.72. The van der Waals surface area contributed by atoms with Crippen molar-refractivity contribution >= 4 is 5.91 Å².